The third-order valence-corrected chi connectivity index (χ3v) is 5.13. The molecule has 0 bridgehead atoms. The second-order valence-electron chi connectivity index (χ2n) is 5.98. The van der Waals surface area contributed by atoms with Gasteiger partial charge in [-0.2, -0.15) is 13.2 Å². The van der Waals surface area contributed by atoms with Crippen molar-refractivity contribution in [2.45, 2.75) is 13.1 Å². The lowest BCUT2D eigenvalue weighted by molar-refractivity contribution is -0.136. The number of rotatable bonds is 3. The van der Waals surface area contributed by atoms with Gasteiger partial charge in [0.05, 0.1) is 16.6 Å². The van der Waals surface area contributed by atoms with E-state index in [1.807, 2.05) is 36.4 Å². The Balaban J connectivity index is 1.82. The number of hydrogen-bond acceptors (Lipinski definition) is 4. The second kappa shape index (κ2) is 6.66. The van der Waals surface area contributed by atoms with Crippen LogP contribution in [0, 0.1) is 6.92 Å². The fourth-order valence-corrected chi connectivity index (χ4v) is 3.92. The summed E-state index contributed by atoms with van der Waals surface area (Å²) in [5, 5.41) is 3.56. The van der Waals surface area contributed by atoms with E-state index < -0.39 is 11.7 Å². The van der Waals surface area contributed by atoms with Gasteiger partial charge in [0.15, 0.2) is 0 Å². The third kappa shape index (κ3) is 3.50. The maximum atomic E-state index is 13.3. The fourth-order valence-electron chi connectivity index (χ4n) is 2.83. The van der Waals surface area contributed by atoms with Gasteiger partial charge < -0.3 is 5.32 Å². The van der Waals surface area contributed by atoms with Crippen LogP contribution in [0.25, 0.3) is 20.7 Å². The molecule has 4 aromatic rings. The first-order valence-electron chi connectivity index (χ1n) is 8.19. The van der Waals surface area contributed by atoms with Gasteiger partial charge in [0.1, 0.15) is 16.5 Å². The monoisotopic (exact) mass is 385 g/mol. The average Bonchev–Trinajstić information content (AvgIpc) is 3.06. The lowest BCUT2D eigenvalue weighted by atomic mass is 10.1. The maximum absolute atomic E-state index is 13.3. The minimum atomic E-state index is -4.45. The maximum Gasteiger partial charge on any atom is 0.418 e. The molecule has 136 valence electrons. The Kier molecular flexibility index (Phi) is 4.31. The van der Waals surface area contributed by atoms with Gasteiger partial charge in [-0.1, -0.05) is 42.5 Å². The van der Waals surface area contributed by atoms with Crippen molar-refractivity contribution in [1.82, 2.24) is 9.97 Å². The zero-order chi connectivity index (χ0) is 19.0. The number of thiophene rings is 1. The number of aryl methyl sites for hydroxylation is 1. The number of halogens is 3. The summed E-state index contributed by atoms with van der Waals surface area (Å²) in [7, 11) is 0. The highest BCUT2D eigenvalue weighted by Gasteiger charge is 2.33. The molecule has 2 aromatic carbocycles. The average molecular weight is 385 g/mol. The first kappa shape index (κ1) is 17.5. The van der Waals surface area contributed by atoms with Gasteiger partial charge in [0.2, 0.25) is 0 Å². The summed E-state index contributed by atoms with van der Waals surface area (Å²) in [6.07, 6.45) is -4.45. The van der Waals surface area contributed by atoms with Crippen LogP contribution < -0.4 is 5.32 Å². The number of aromatic nitrogens is 2. The molecule has 7 heteroatoms. The Bertz CT molecular complexity index is 1100. The molecule has 0 amide bonds. The molecular formula is C20H14F3N3S. The van der Waals surface area contributed by atoms with Crippen molar-refractivity contribution in [2.24, 2.45) is 0 Å². The molecule has 0 aliphatic rings. The van der Waals surface area contributed by atoms with E-state index >= 15 is 0 Å². The molecule has 1 N–H and O–H groups in total. The van der Waals surface area contributed by atoms with Crippen LogP contribution >= 0.6 is 11.3 Å². The first-order valence-corrected chi connectivity index (χ1v) is 9.00. The minimum absolute atomic E-state index is 0.0307. The predicted octanol–water partition coefficient (Wildman–Crippen LogP) is 6.43. The number of anilines is 2. The smallest absolute Gasteiger partial charge is 0.339 e. The number of fused-ring (bicyclic) bond motifs is 1. The summed E-state index contributed by atoms with van der Waals surface area (Å²) in [6, 6.07) is 17.1. The predicted molar refractivity (Wildman–Crippen MR) is 102 cm³/mol. The summed E-state index contributed by atoms with van der Waals surface area (Å²) >= 11 is 1.49. The Morgan fingerprint density at radius 1 is 0.926 bits per heavy atom. The molecule has 0 fully saturated rings. The number of para-hydroxylation sites is 1. The molecule has 3 nitrogen and oxygen atoms in total. The summed E-state index contributed by atoms with van der Waals surface area (Å²) in [5.74, 6) is 0.864. The lowest BCUT2D eigenvalue weighted by Gasteiger charge is -2.14. The Labute approximate surface area is 157 Å². The van der Waals surface area contributed by atoms with Crippen molar-refractivity contribution in [3.8, 4) is 10.4 Å². The number of benzene rings is 2. The molecule has 0 saturated heterocycles. The number of nitrogens with one attached hydrogen (secondary N) is 1. The van der Waals surface area contributed by atoms with Crippen LogP contribution in [0.4, 0.5) is 24.7 Å². The molecule has 0 aliphatic carbocycles. The molecule has 0 unspecified atom stereocenters. The van der Waals surface area contributed by atoms with E-state index in [-0.39, 0.29) is 5.69 Å². The lowest BCUT2D eigenvalue weighted by Crippen LogP contribution is -2.09. The van der Waals surface area contributed by atoms with Gasteiger partial charge in [-0.3, -0.25) is 0 Å². The molecule has 4 rings (SSSR count). The van der Waals surface area contributed by atoms with E-state index in [1.54, 1.807) is 13.0 Å². The zero-order valence-corrected chi connectivity index (χ0v) is 15.0. The summed E-state index contributed by atoms with van der Waals surface area (Å²) in [5.41, 5.74) is 0.268. The van der Waals surface area contributed by atoms with Gasteiger partial charge in [-0.25, -0.2) is 9.97 Å². The van der Waals surface area contributed by atoms with Crippen molar-refractivity contribution < 1.29 is 13.2 Å². The van der Waals surface area contributed by atoms with Crippen molar-refractivity contribution in [2.75, 3.05) is 5.32 Å². The van der Waals surface area contributed by atoms with Crippen LogP contribution in [0.5, 0.6) is 0 Å². The van der Waals surface area contributed by atoms with Crippen molar-refractivity contribution in [1.29, 1.82) is 0 Å². The second-order valence-corrected chi connectivity index (χ2v) is 7.01. The summed E-state index contributed by atoms with van der Waals surface area (Å²) in [4.78, 5) is 10.5. The highest BCUT2D eigenvalue weighted by Crippen LogP contribution is 2.39. The molecule has 27 heavy (non-hydrogen) atoms. The van der Waals surface area contributed by atoms with E-state index in [2.05, 4.69) is 15.3 Å². The SMILES string of the molecule is Cc1nc(Nc2ccccc2C(F)(F)F)c2cc(-c3ccccc3)sc2n1. The Hall–Kier alpha value is -2.93. The van der Waals surface area contributed by atoms with Crippen molar-refractivity contribution in [3.05, 3.63) is 72.1 Å². The molecule has 0 saturated carbocycles. The number of nitrogens with zero attached hydrogens (tertiary/aromatic N) is 2. The molecular weight excluding hydrogens is 371 g/mol. The first-order chi connectivity index (χ1) is 12.9. The Morgan fingerprint density at radius 2 is 1.63 bits per heavy atom. The molecule has 0 aliphatic heterocycles. The quantitative estimate of drug-likeness (QED) is 0.442. The molecule has 2 aromatic heterocycles. The summed E-state index contributed by atoms with van der Waals surface area (Å²) in [6.45, 7) is 1.72. The number of hydrogen-bond donors (Lipinski definition) is 1. The standard InChI is InChI=1S/C20H14F3N3S/c1-12-24-18(26-16-10-6-5-9-15(16)20(21,22)23)14-11-17(27-19(14)25-12)13-7-3-2-4-8-13/h2-11H,1H3,(H,24,25,26). The highest BCUT2D eigenvalue weighted by atomic mass is 32.1. The molecule has 2 heterocycles. The van der Waals surface area contributed by atoms with Crippen LogP contribution in [0.1, 0.15) is 11.4 Å². The highest BCUT2D eigenvalue weighted by molar-refractivity contribution is 7.21. The van der Waals surface area contributed by atoms with Crippen molar-refractivity contribution >= 4 is 33.1 Å². The normalized spacial score (nSPS) is 11.7. The van der Waals surface area contributed by atoms with E-state index in [1.165, 1.54) is 23.5 Å². The van der Waals surface area contributed by atoms with Crippen LogP contribution in [0.3, 0.4) is 0 Å². The fraction of sp³-hybridized carbons (Fsp3) is 0.100. The molecule has 0 atom stereocenters. The zero-order valence-electron chi connectivity index (χ0n) is 14.2. The van der Waals surface area contributed by atoms with Crippen LogP contribution in [-0.2, 0) is 6.18 Å². The van der Waals surface area contributed by atoms with Gasteiger partial charge in [-0.05, 0) is 30.7 Å². The van der Waals surface area contributed by atoms with E-state index in [0.29, 0.717) is 17.0 Å². The van der Waals surface area contributed by atoms with E-state index in [9.17, 15) is 13.2 Å². The van der Waals surface area contributed by atoms with E-state index in [4.69, 9.17) is 0 Å². The van der Waals surface area contributed by atoms with Gasteiger partial charge >= 0.3 is 6.18 Å². The van der Waals surface area contributed by atoms with Crippen molar-refractivity contribution in [3.63, 3.8) is 0 Å². The van der Waals surface area contributed by atoms with Gasteiger partial charge in [-0.15, -0.1) is 11.3 Å². The topological polar surface area (TPSA) is 37.8 Å². The molecule has 0 spiro atoms. The molecule has 0 radical (unpaired) electrons. The van der Waals surface area contributed by atoms with Gasteiger partial charge in [0.25, 0.3) is 0 Å². The van der Waals surface area contributed by atoms with Crippen LogP contribution in [0.15, 0.2) is 60.7 Å². The van der Waals surface area contributed by atoms with Gasteiger partial charge in [0, 0.05) is 4.88 Å². The van der Waals surface area contributed by atoms with E-state index in [0.717, 1.165) is 21.3 Å². The number of alkyl halides is 3. The van der Waals surface area contributed by atoms with Crippen LogP contribution in [0.2, 0.25) is 0 Å². The minimum Gasteiger partial charge on any atom is -0.339 e. The largest absolute Gasteiger partial charge is 0.418 e. The summed E-state index contributed by atoms with van der Waals surface area (Å²) < 4.78 is 39.9. The Morgan fingerprint density at radius 3 is 2.37 bits per heavy atom. The third-order valence-electron chi connectivity index (χ3n) is 4.05. The van der Waals surface area contributed by atoms with Crippen LogP contribution in [-0.4, -0.2) is 9.97 Å².